The molecule has 0 fully saturated rings. The second-order valence-corrected chi connectivity index (χ2v) is 6.96. The minimum atomic E-state index is -4.32. The summed E-state index contributed by atoms with van der Waals surface area (Å²) in [6.45, 7) is 2.83. The molecule has 2 rings (SSSR count). The molecule has 0 saturated carbocycles. The molecule has 1 aromatic carbocycles. The van der Waals surface area contributed by atoms with Crippen LogP contribution in [0, 0.1) is 0 Å². The molecular weight excluding hydrogens is 373 g/mol. The van der Waals surface area contributed by atoms with Crippen molar-refractivity contribution in [2.75, 3.05) is 29.1 Å². The van der Waals surface area contributed by atoms with Crippen LogP contribution >= 0.6 is 23.1 Å². The lowest BCUT2D eigenvalue weighted by Gasteiger charge is -2.20. The van der Waals surface area contributed by atoms with Gasteiger partial charge in [0.2, 0.25) is 11.0 Å². The smallest absolute Gasteiger partial charge is 0.351 e. The van der Waals surface area contributed by atoms with E-state index in [0.717, 1.165) is 28.8 Å². The first-order chi connectivity index (χ1) is 11.9. The predicted octanol–water partition coefficient (Wildman–Crippen LogP) is 3.82. The minimum absolute atomic E-state index is 0.0679. The van der Waals surface area contributed by atoms with Gasteiger partial charge in [0.1, 0.15) is 6.54 Å². The van der Waals surface area contributed by atoms with Gasteiger partial charge in [-0.3, -0.25) is 4.79 Å². The lowest BCUT2D eigenvalue weighted by Crippen LogP contribution is -2.32. The molecule has 0 aliphatic heterocycles. The van der Waals surface area contributed by atoms with E-state index in [1.807, 2.05) is 30.3 Å². The third-order valence-electron chi connectivity index (χ3n) is 2.85. The number of carbonyl (C=O) groups excluding carboxylic acids is 1. The number of alkyl halides is 3. The first-order valence-electron chi connectivity index (χ1n) is 7.12. The molecule has 0 aliphatic rings. The second-order valence-electron chi connectivity index (χ2n) is 4.76. The van der Waals surface area contributed by atoms with Gasteiger partial charge >= 0.3 is 6.18 Å². The van der Waals surface area contributed by atoms with Gasteiger partial charge in [-0.25, -0.2) is 0 Å². The molecule has 134 valence electrons. The number of thioether (sulfide) groups is 1. The molecule has 1 heterocycles. The fourth-order valence-electron chi connectivity index (χ4n) is 1.81. The summed E-state index contributed by atoms with van der Waals surface area (Å²) in [5.74, 6) is -0.0625. The number of amides is 1. The molecule has 0 aliphatic carbocycles. The number of benzene rings is 1. The van der Waals surface area contributed by atoms with E-state index in [1.165, 1.54) is 0 Å². The largest absolute Gasteiger partial charge is 0.405 e. The highest BCUT2D eigenvalue weighted by Crippen LogP contribution is 2.27. The Balaban J connectivity index is 1.92. The van der Waals surface area contributed by atoms with Gasteiger partial charge in [0.05, 0.1) is 5.75 Å². The molecule has 0 spiro atoms. The van der Waals surface area contributed by atoms with Gasteiger partial charge in [-0.15, -0.1) is 16.8 Å². The van der Waals surface area contributed by atoms with Gasteiger partial charge in [-0.2, -0.15) is 13.2 Å². The van der Waals surface area contributed by atoms with Crippen molar-refractivity contribution in [3.63, 3.8) is 0 Å². The molecule has 0 radical (unpaired) electrons. The number of hydrogen-bond acceptors (Lipinski definition) is 6. The second kappa shape index (κ2) is 8.86. The summed E-state index contributed by atoms with van der Waals surface area (Å²) < 4.78 is 36.9. The van der Waals surface area contributed by atoms with Crippen LogP contribution in [0.5, 0.6) is 0 Å². The SMILES string of the molecule is C=CCN(C(=O)CSc1nnc(NCC(F)(F)F)s1)c1ccccc1. The van der Waals surface area contributed by atoms with Crippen LogP contribution in [0.1, 0.15) is 0 Å². The van der Waals surface area contributed by atoms with Crippen molar-refractivity contribution in [3.05, 3.63) is 43.0 Å². The van der Waals surface area contributed by atoms with Crippen molar-refractivity contribution in [2.24, 2.45) is 0 Å². The topological polar surface area (TPSA) is 58.1 Å². The van der Waals surface area contributed by atoms with Crippen molar-refractivity contribution in [3.8, 4) is 0 Å². The summed E-state index contributed by atoms with van der Waals surface area (Å²) in [7, 11) is 0. The molecule has 5 nitrogen and oxygen atoms in total. The zero-order valence-electron chi connectivity index (χ0n) is 13.0. The van der Waals surface area contributed by atoms with Gasteiger partial charge in [-0.05, 0) is 12.1 Å². The highest BCUT2D eigenvalue weighted by molar-refractivity contribution is 8.01. The van der Waals surface area contributed by atoms with Crippen molar-refractivity contribution in [1.29, 1.82) is 0 Å². The van der Waals surface area contributed by atoms with E-state index in [1.54, 1.807) is 11.0 Å². The summed E-state index contributed by atoms with van der Waals surface area (Å²) in [6.07, 6.45) is -2.70. The molecule has 0 atom stereocenters. The number of carbonyl (C=O) groups is 1. The van der Waals surface area contributed by atoms with E-state index in [-0.39, 0.29) is 16.8 Å². The zero-order chi connectivity index (χ0) is 18.3. The lowest BCUT2D eigenvalue weighted by atomic mass is 10.3. The molecule has 10 heteroatoms. The monoisotopic (exact) mass is 388 g/mol. The maximum absolute atomic E-state index is 12.4. The molecule has 1 N–H and O–H groups in total. The van der Waals surface area contributed by atoms with Crippen LogP contribution in [-0.2, 0) is 4.79 Å². The molecule has 0 unspecified atom stereocenters. The van der Waals surface area contributed by atoms with E-state index in [0.29, 0.717) is 10.9 Å². The van der Waals surface area contributed by atoms with E-state index in [2.05, 4.69) is 22.1 Å². The normalized spacial score (nSPS) is 11.2. The Kier molecular flexibility index (Phi) is 6.82. The van der Waals surface area contributed by atoms with E-state index in [4.69, 9.17) is 0 Å². The number of aromatic nitrogens is 2. The van der Waals surface area contributed by atoms with Crippen LogP contribution in [0.3, 0.4) is 0 Å². The third-order valence-corrected chi connectivity index (χ3v) is 4.85. The Morgan fingerprint density at radius 2 is 2.04 bits per heavy atom. The highest BCUT2D eigenvalue weighted by Gasteiger charge is 2.27. The minimum Gasteiger partial charge on any atom is -0.351 e. The molecule has 0 bridgehead atoms. The van der Waals surface area contributed by atoms with Crippen molar-refractivity contribution < 1.29 is 18.0 Å². The van der Waals surface area contributed by atoms with Crippen LogP contribution in [0.25, 0.3) is 0 Å². The standard InChI is InChI=1S/C15H15F3N4OS2/c1-2-8-22(11-6-4-3-5-7-11)12(23)9-24-14-21-20-13(25-14)19-10-15(16,17)18/h2-7H,1,8-10H2,(H,19,20). The van der Waals surface area contributed by atoms with Gasteiger partial charge in [-0.1, -0.05) is 47.4 Å². The summed E-state index contributed by atoms with van der Waals surface area (Å²) in [5.41, 5.74) is 0.748. The van der Waals surface area contributed by atoms with Gasteiger partial charge in [0, 0.05) is 12.2 Å². The average molecular weight is 388 g/mol. The van der Waals surface area contributed by atoms with E-state index >= 15 is 0 Å². The zero-order valence-corrected chi connectivity index (χ0v) is 14.6. The maximum atomic E-state index is 12.4. The highest BCUT2D eigenvalue weighted by atomic mass is 32.2. The van der Waals surface area contributed by atoms with Crippen molar-refractivity contribution in [1.82, 2.24) is 10.2 Å². The van der Waals surface area contributed by atoms with Crippen LogP contribution < -0.4 is 10.2 Å². The molecular formula is C15H15F3N4OS2. The number of halogens is 3. The number of nitrogens with zero attached hydrogens (tertiary/aromatic N) is 3. The summed E-state index contributed by atoms with van der Waals surface area (Å²) in [5, 5.41) is 9.64. The van der Waals surface area contributed by atoms with Crippen LogP contribution in [0.2, 0.25) is 0 Å². The number of para-hydroxylation sites is 1. The Labute approximate surface area is 150 Å². The number of hydrogen-bond donors (Lipinski definition) is 1. The van der Waals surface area contributed by atoms with Gasteiger partial charge in [0.15, 0.2) is 4.34 Å². The van der Waals surface area contributed by atoms with E-state index in [9.17, 15) is 18.0 Å². The Morgan fingerprint density at radius 1 is 1.32 bits per heavy atom. The first kappa shape index (κ1) is 19.3. The molecule has 25 heavy (non-hydrogen) atoms. The molecule has 0 saturated heterocycles. The lowest BCUT2D eigenvalue weighted by molar-refractivity contribution is -0.116. The summed E-state index contributed by atoms with van der Waals surface area (Å²) in [4.78, 5) is 14.0. The van der Waals surface area contributed by atoms with Gasteiger partial charge < -0.3 is 10.2 Å². The van der Waals surface area contributed by atoms with Crippen LogP contribution in [0.15, 0.2) is 47.3 Å². The first-order valence-corrected chi connectivity index (χ1v) is 8.92. The third kappa shape index (κ3) is 6.39. The Hall–Kier alpha value is -2.07. The quantitative estimate of drug-likeness (QED) is 0.550. The summed E-state index contributed by atoms with van der Waals surface area (Å²) in [6, 6.07) is 9.14. The van der Waals surface area contributed by atoms with Gasteiger partial charge in [0.25, 0.3) is 0 Å². The molecule has 1 aromatic heterocycles. The number of rotatable bonds is 8. The Morgan fingerprint density at radius 3 is 2.68 bits per heavy atom. The predicted molar refractivity (Wildman–Crippen MR) is 94.2 cm³/mol. The maximum Gasteiger partial charge on any atom is 0.405 e. The van der Waals surface area contributed by atoms with Crippen LogP contribution in [-0.4, -0.2) is 41.1 Å². The van der Waals surface area contributed by atoms with E-state index < -0.39 is 12.7 Å². The fourth-order valence-corrected chi connectivity index (χ4v) is 3.43. The number of nitrogens with one attached hydrogen (secondary N) is 1. The molecule has 2 aromatic rings. The Bertz CT molecular complexity index is 706. The fraction of sp³-hybridized carbons (Fsp3) is 0.267. The number of anilines is 2. The molecule has 1 amide bonds. The van der Waals surface area contributed by atoms with Crippen molar-refractivity contribution in [2.45, 2.75) is 10.5 Å². The van der Waals surface area contributed by atoms with Crippen molar-refractivity contribution >= 4 is 39.8 Å². The average Bonchev–Trinajstić information content (AvgIpc) is 3.04. The summed E-state index contributed by atoms with van der Waals surface area (Å²) >= 11 is 2.10. The van der Waals surface area contributed by atoms with Crippen LogP contribution in [0.4, 0.5) is 24.0 Å².